The molecule has 0 aliphatic heterocycles. The van der Waals surface area contributed by atoms with Crippen molar-refractivity contribution >= 4 is 33.2 Å². The van der Waals surface area contributed by atoms with Crippen molar-refractivity contribution in [1.82, 2.24) is 4.98 Å². The minimum atomic E-state index is 1.10. The van der Waals surface area contributed by atoms with Crippen molar-refractivity contribution in [3.63, 3.8) is 0 Å². The van der Waals surface area contributed by atoms with Gasteiger partial charge in [0.25, 0.3) is 0 Å². The minimum Gasteiger partial charge on any atom is -0.356 e. The van der Waals surface area contributed by atoms with E-state index in [0.29, 0.717) is 0 Å². The Morgan fingerprint density at radius 3 is 1.74 bits per heavy atom. The maximum Gasteiger partial charge on any atom is 0.0465 e. The Labute approximate surface area is 324 Å². The standard InChI is InChI=1S/C52H58N2/c1-5-8-10-12-17-41-35-49(42(18-13-11-9-6-2)34-48(41)43-27-32-52-50(36-43)47-19-14-15-20-51(47)54-52)46-31-30-45(33-37(46)4)53-44-28-25-40(26-29-44)39-23-21-38(16-7-3)22-24-39/h14-15,19-36,53-54H,5-13,16-18H2,1-4H3. The molecule has 0 saturated heterocycles. The molecule has 1 heterocycles. The second kappa shape index (κ2) is 17.8. The molecule has 1 aromatic heterocycles. The monoisotopic (exact) mass is 710 g/mol. The number of rotatable bonds is 17. The first-order chi connectivity index (χ1) is 26.5. The van der Waals surface area contributed by atoms with Gasteiger partial charge in [-0.2, -0.15) is 0 Å². The van der Waals surface area contributed by atoms with Gasteiger partial charge in [-0.05, 0) is 137 Å². The number of hydrogen-bond acceptors (Lipinski definition) is 1. The van der Waals surface area contributed by atoms with E-state index < -0.39 is 0 Å². The zero-order valence-corrected chi connectivity index (χ0v) is 33.0. The zero-order valence-electron chi connectivity index (χ0n) is 33.0. The van der Waals surface area contributed by atoms with Crippen LogP contribution in [0.2, 0.25) is 0 Å². The summed E-state index contributed by atoms with van der Waals surface area (Å²) in [6.45, 7) is 9.12. The molecule has 276 valence electrons. The van der Waals surface area contributed by atoms with Crippen molar-refractivity contribution in [3.05, 3.63) is 144 Å². The number of aromatic amines is 1. The molecular formula is C52H58N2. The number of hydrogen-bond donors (Lipinski definition) is 2. The van der Waals surface area contributed by atoms with Crippen LogP contribution in [-0.2, 0) is 19.3 Å². The van der Waals surface area contributed by atoms with Gasteiger partial charge in [-0.25, -0.2) is 0 Å². The summed E-state index contributed by atoms with van der Waals surface area (Å²) in [6, 6.07) is 45.7. The first-order valence-corrected chi connectivity index (χ1v) is 20.8. The Morgan fingerprint density at radius 2 is 1.06 bits per heavy atom. The molecule has 7 aromatic rings. The fourth-order valence-electron chi connectivity index (χ4n) is 8.23. The summed E-state index contributed by atoms with van der Waals surface area (Å²) in [4.78, 5) is 3.64. The van der Waals surface area contributed by atoms with Crippen LogP contribution in [-0.4, -0.2) is 4.98 Å². The molecule has 0 radical (unpaired) electrons. The molecule has 2 N–H and O–H groups in total. The van der Waals surface area contributed by atoms with Crippen molar-refractivity contribution in [2.24, 2.45) is 0 Å². The highest BCUT2D eigenvalue weighted by atomic mass is 14.9. The van der Waals surface area contributed by atoms with Gasteiger partial charge in [0.15, 0.2) is 0 Å². The van der Waals surface area contributed by atoms with Crippen LogP contribution in [0, 0.1) is 6.92 Å². The first kappa shape index (κ1) is 37.2. The Kier molecular flexibility index (Phi) is 12.3. The summed E-state index contributed by atoms with van der Waals surface area (Å²) >= 11 is 0. The van der Waals surface area contributed by atoms with Crippen LogP contribution in [0.5, 0.6) is 0 Å². The molecule has 0 saturated carbocycles. The molecule has 0 aliphatic rings. The summed E-state index contributed by atoms with van der Waals surface area (Å²) in [5, 5.41) is 6.30. The Balaban J connectivity index is 1.21. The van der Waals surface area contributed by atoms with E-state index >= 15 is 0 Å². The summed E-state index contributed by atoms with van der Waals surface area (Å²) in [5.41, 5.74) is 18.3. The van der Waals surface area contributed by atoms with Crippen LogP contribution >= 0.6 is 0 Å². The molecule has 0 atom stereocenters. The van der Waals surface area contributed by atoms with Gasteiger partial charge in [0.1, 0.15) is 0 Å². The molecule has 0 amide bonds. The molecule has 0 unspecified atom stereocenters. The van der Waals surface area contributed by atoms with E-state index in [1.54, 1.807) is 0 Å². The summed E-state index contributed by atoms with van der Waals surface area (Å²) in [6.07, 6.45) is 14.6. The zero-order chi connectivity index (χ0) is 37.3. The van der Waals surface area contributed by atoms with E-state index in [-0.39, 0.29) is 0 Å². The van der Waals surface area contributed by atoms with Crippen LogP contribution in [0.4, 0.5) is 11.4 Å². The molecule has 7 rings (SSSR count). The molecule has 6 aromatic carbocycles. The number of nitrogens with one attached hydrogen (secondary N) is 2. The fourth-order valence-corrected chi connectivity index (χ4v) is 8.23. The molecular weight excluding hydrogens is 653 g/mol. The lowest BCUT2D eigenvalue weighted by molar-refractivity contribution is 0.664. The lowest BCUT2D eigenvalue weighted by atomic mass is 9.85. The van der Waals surface area contributed by atoms with Gasteiger partial charge in [0.05, 0.1) is 0 Å². The third kappa shape index (κ3) is 8.65. The number of aromatic nitrogens is 1. The molecule has 2 nitrogen and oxygen atoms in total. The fraction of sp³-hybridized carbons (Fsp3) is 0.308. The Morgan fingerprint density at radius 1 is 0.444 bits per heavy atom. The number of fused-ring (bicyclic) bond motifs is 3. The number of H-pyrrole nitrogens is 1. The average Bonchev–Trinajstić information content (AvgIpc) is 3.57. The van der Waals surface area contributed by atoms with E-state index in [0.717, 1.165) is 30.6 Å². The lowest BCUT2D eigenvalue weighted by Gasteiger charge is -2.20. The number of anilines is 2. The Bertz CT molecular complexity index is 2290. The third-order valence-corrected chi connectivity index (χ3v) is 11.3. The van der Waals surface area contributed by atoms with Crippen LogP contribution < -0.4 is 5.32 Å². The van der Waals surface area contributed by atoms with Crippen LogP contribution in [0.1, 0.15) is 101 Å². The first-order valence-electron chi connectivity index (χ1n) is 20.8. The minimum absolute atomic E-state index is 1.10. The highest BCUT2D eigenvalue weighted by molar-refractivity contribution is 6.08. The van der Waals surface area contributed by atoms with E-state index in [2.05, 4.69) is 159 Å². The smallest absolute Gasteiger partial charge is 0.0465 e. The summed E-state index contributed by atoms with van der Waals surface area (Å²) < 4.78 is 0. The van der Waals surface area contributed by atoms with Crippen LogP contribution in [0.25, 0.3) is 55.2 Å². The summed E-state index contributed by atoms with van der Waals surface area (Å²) in [7, 11) is 0. The van der Waals surface area contributed by atoms with Crippen molar-refractivity contribution in [1.29, 1.82) is 0 Å². The van der Waals surface area contributed by atoms with Crippen molar-refractivity contribution in [2.75, 3.05) is 5.32 Å². The molecule has 54 heavy (non-hydrogen) atoms. The number of unbranched alkanes of at least 4 members (excludes halogenated alkanes) is 6. The maximum atomic E-state index is 3.70. The highest BCUT2D eigenvalue weighted by Gasteiger charge is 2.16. The molecule has 0 spiro atoms. The van der Waals surface area contributed by atoms with Gasteiger partial charge in [0, 0.05) is 33.2 Å². The van der Waals surface area contributed by atoms with Gasteiger partial charge in [-0.15, -0.1) is 0 Å². The maximum absolute atomic E-state index is 3.70. The van der Waals surface area contributed by atoms with E-state index in [4.69, 9.17) is 0 Å². The average molecular weight is 711 g/mol. The lowest BCUT2D eigenvalue weighted by Crippen LogP contribution is -2.00. The van der Waals surface area contributed by atoms with E-state index in [1.165, 1.54) is 135 Å². The molecule has 2 heteroatoms. The van der Waals surface area contributed by atoms with Crippen molar-refractivity contribution < 1.29 is 0 Å². The molecule has 0 bridgehead atoms. The number of para-hydroxylation sites is 1. The second-order valence-electron chi connectivity index (χ2n) is 15.4. The molecule has 0 aliphatic carbocycles. The number of aryl methyl sites for hydroxylation is 4. The van der Waals surface area contributed by atoms with Crippen molar-refractivity contribution in [3.8, 4) is 33.4 Å². The van der Waals surface area contributed by atoms with Gasteiger partial charge >= 0.3 is 0 Å². The SMILES string of the molecule is CCCCCCc1cc(-c2ccc(Nc3ccc(-c4ccc(CCC)cc4)cc3)cc2C)c(CCCCCC)cc1-c1ccc2[nH]c3ccccc3c2c1. The Hall–Kier alpha value is -5.08. The molecule has 0 fully saturated rings. The van der Waals surface area contributed by atoms with Gasteiger partial charge in [0.2, 0.25) is 0 Å². The van der Waals surface area contributed by atoms with Crippen LogP contribution in [0.15, 0.2) is 121 Å². The van der Waals surface area contributed by atoms with Crippen molar-refractivity contribution in [2.45, 2.75) is 105 Å². The van der Waals surface area contributed by atoms with E-state index in [9.17, 15) is 0 Å². The normalized spacial score (nSPS) is 11.5. The van der Waals surface area contributed by atoms with Gasteiger partial charge in [-0.1, -0.05) is 145 Å². The van der Waals surface area contributed by atoms with E-state index in [1.807, 2.05) is 0 Å². The largest absolute Gasteiger partial charge is 0.356 e. The summed E-state index contributed by atoms with van der Waals surface area (Å²) in [5.74, 6) is 0. The predicted octanol–water partition coefficient (Wildman–Crippen LogP) is 15.6. The highest BCUT2D eigenvalue weighted by Crippen LogP contribution is 2.39. The topological polar surface area (TPSA) is 27.8 Å². The van der Waals surface area contributed by atoms with Gasteiger partial charge < -0.3 is 10.3 Å². The van der Waals surface area contributed by atoms with Crippen LogP contribution in [0.3, 0.4) is 0 Å². The second-order valence-corrected chi connectivity index (χ2v) is 15.4. The predicted molar refractivity (Wildman–Crippen MR) is 236 cm³/mol. The van der Waals surface area contributed by atoms with Gasteiger partial charge in [-0.3, -0.25) is 0 Å². The number of benzene rings is 6. The quantitative estimate of drug-likeness (QED) is 0.0905. The third-order valence-electron chi connectivity index (χ3n) is 11.3.